The molecule has 0 amide bonds. The third-order valence-electron chi connectivity index (χ3n) is 2.22. The average molecular weight is 289 g/mol. The van der Waals surface area contributed by atoms with Crippen LogP contribution in [-0.4, -0.2) is 35.4 Å². The van der Waals surface area contributed by atoms with Gasteiger partial charge in [-0.1, -0.05) is 0 Å². The summed E-state index contributed by atoms with van der Waals surface area (Å²) in [5.41, 5.74) is 0. The maximum Gasteiger partial charge on any atom is 0.417 e. The van der Waals surface area contributed by atoms with Gasteiger partial charge in [-0.3, -0.25) is 4.57 Å². The number of nitrogens with zero attached hydrogens (tertiary/aromatic N) is 1. The molecule has 1 heterocycles. The molecule has 0 radical (unpaired) electrons. The number of pyridine rings is 1. The van der Waals surface area contributed by atoms with Crippen molar-refractivity contribution in [2.75, 3.05) is 19.8 Å². The Labute approximate surface area is 112 Å². The molecule has 0 saturated heterocycles. The van der Waals surface area contributed by atoms with Crippen molar-refractivity contribution in [3.8, 4) is 0 Å². The Hall–Kier alpha value is -1.07. The SMILES string of the molecule is CCOC(=O)n1ccc(=P(O)(OCC)OCC)cc1. The zero-order chi connectivity index (χ0) is 14.3. The fraction of sp³-hybridized carbons (Fsp3) is 0.500. The van der Waals surface area contributed by atoms with Crippen molar-refractivity contribution < 1.29 is 23.5 Å². The van der Waals surface area contributed by atoms with Gasteiger partial charge in [0.15, 0.2) is 0 Å². The second-order valence-corrected chi connectivity index (χ2v) is 5.59. The second-order valence-electron chi connectivity index (χ2n) is 3.52. The molecule has 0 saturated carbocycles. The fourth-order valence-corrected chi connectivity index (χ4v) is 3.05. The standard InChI is InChI=1S/C12H20NO5P/c1-4-16-12(14)13-9-7-11(8-10-13)19(15,17-5-2)18-6-3/h7-10,15H,4-6H2,1-3H3. The Bertz CT molecular complexity index is 481. The molecule has 1 aromatic rings. The van der Waals surface area contributed by atoms with Crippen molar-refractivity contribution in [3.63, 3.8) is 0 Å². The summed E-state index contributed by atoms with van der Waals surface area (Å²) >= 11 is 0. The van der Waals surface area contributed by atoms with E-state index in [2.05, 4.69) is 0 Å². The first-order valence-electron chi connectivity index (χ1n) is 6.17. The van der Waals surface area contributed by atoms with E-state index < -0.39 is 13.7 Å². The van der Waals surface area contributed by atoms with E-state index in [1.165, 1.54) is 17.0 Å². The van der Waals surface area contributed by atoms with Crippen LogP contribution in [0.5, 0.6) is 0 Å². The molecule has 0 spiro atoms. The summed E-state index contributed by atoms with van der Waals surface area (Å²) in [6, 6.07) is 3.19. The van der Waals surface area contributed by atoms with E-state index in [1.807, 2.05) is 0 Å². The first-order valence-corrected chi connectivity index (χ1v) is 7.75. The number of carbonyl (C=O) groups excluding carboxylic acids is 1. The van der Waals surface area contributed by atoms with Crippen LogP contribution in [0, 0.1) is 4.94 Å². The number of hydrogen-bond donors (Lipinski definition) is 1. The van der Waals surface area contributed by atoms with Gasteiger partial charge >= 0.3 is 6.09 Å². The normalized spacial score (nSPS) is 11.4. The van der Waals surface area contributed by atoms with Crippen LogP contribution >= 0.6 is 7.57 Å². The highest BCUT2D eigenvalue weighted by Gasteiger charge is 2.15. The van der Waals surface area contributed by atoms with Crippen molar-refractivity contribution in [1.82, 2.24) is 4.57 Å². The number of ether oxygens (including phenoxy) is 1. The average Bonchev–Trinajstić information content (AvgIpc) is 2.40. The van der Waals surface area contributed by atoms with E-state index in [9.17, 15) is 9.69 Å². The molecule has 1 aromatic heterocycles. The van der Waals surface area contributed by atoms with Gasteiger partial charge in [-0.15, -0.1) is 0 Å². The fourth-order valence-electron chi connectivity index (χ4n) is 1.46. The van der Waals surface area contributed by atoms with E-state index in [0.717, 1.165) is 0 Å². The Kier molecular flexibility index (Phi) is 6.31. The monoisotopic (exact) mass is 289 g/mol. The summed E-state index contributed by atoms with van der Waals surface area (Å²) in [7, 11) is -3.05. The van der Waals surface area contributed by atoms with E-state index in [4.69, 9.17) is 13.8 Å². The molecule has 19 heavy (non-hydrogen) atoms. The largest absolute Gasteiger partial charge is 0.449 e. The van der Waals surface area contributed by atoms with E-state index in [1.54, 1.807) is 32.9 Å². The van der Waals surface area contributed by atoms with Crippen molar-refractivity contribution in [3.05, 3.63) is 29.5 Å². The van der Waals surface area contributed by atoms with Crippen LogP contribution in [0.1, 0.15) is 20.8 Å². The molecule has 0 aromatic carbocycles. The smallest absolute Gasteiger partial charge is 0.417 e. The molecule has 7 heteroatoms. The molecule has 0 unspecified atom stereocenters. The Morgan fingerprint density at radius 3 is 2.11 bits per heavy atom. The van der Waals surface area contributed by atoms with Crippen molar-refractivity contribution in [2.24, 2.45) is 0 Å². The minimum atomic E-state index is -3.05. The highest BCUT2D eigenvalue weighted by molar-refractivity contribution is 7.52. The molecule has 0 aliphatic heterocycles. The van der Waals surface area contributed by atoms with Crippen molar-refractivity contribution in [1.29, 1.82) is 0 Å². The minimum Gasteiger partial charge on any atom is -0.449 e. The summed E-state index contributed by atoms with van der Waals surface area (Å²) in [6.45, 7) is 6.30. The summed E-state index contributed by atoms with van der Waals surface area (Å²) in [6.07, 6.45) is 2.55. The van der Waals surface area contributed by atoms with Gasteiger partial charge in [0.25, 0.3) is 7.57 Å². The van der Waals surface area contributed by atoms with Crippen LogP contribution in [-0.2, 0) is 13.8 Å². The summed E-state index contributed by atoms with van der Waals surface area (Å²) < 4.78 is 16.8. The molecule has 0 atom stereocenters. The molecule has 0 fully saturated rings. The zero-order valence-electron chi connectivity index (χ0n) is 11.4. The summed E-state index contributed by atoms with van der Waals surface area (Å²) in [5, 5.41) is 0. The van der Waals surface area contributed by atoms with Gasteiger partial charge in [0.05, 0.1) is 24.8 Å². The Morgan fingerprint density at radius 2 is 1.68 bits per heavy atom. The van der Waals surface area contributed by atoms with Gasteiger partial charge in [-0.2, -0.15) is 0 Å². The van der Waals surface area contributed by atoms with Crippen LogP contribution in [0.15, 0.2) is 24.5 Å². The number of rotatable bonds is 5. The second kappa shape index (κ2) is 7.50. The van der Waals surface area contributed by atoms with Gasteiger partial charge in [-0.05, 0) is 32.9 Å². The van der Waals surface area contributed by atoms with Crippen LogP contribution in [0.4, 0.5) is 4.79 Å². The molecule has 6 nitrogen and oxygen atoms in total. The zero-order valence-corrected chi connectivity index (χ0v) is 12.3. The Balaban J connectivity index is 3.16. The molecule has 1 rings (SSSR count). The Morgan fingerprint density at radius 1 is 1.16 bits per heavy atom. The first kappa shape index (κ1) is 16.0. The lowest BCUT2D eigenvalue weighted by molar-refractivity contribution is 0.153. The molecule has 108 valence electrons. The molecule has 0 aliphatic carbocycles. The van der Waals surface area contributed by atoms with Gasteiger partial charge in [0.1, 0.15) is 0 Å². The van der Waals surface area contributed by atoms with E-state index >= 15 is 0 Å². The quantitative estimate of drug-likeness (QED) is 0.844. The maximum absolute atomic E-state index is 11.5. The van der Waals surface area contributed by atoms with Crippen LogP contribution < -0.4 is 0 Å². The number of carbonyl (C=O) groups is 1. The van der Waals surface area contributed by atoms with Gasteiger partial charge in [-0.25, -0.2) is 4.79 Å². The molecule has 0 bridgehead atoms. The van der Waals surface area contributed by atoms with E-state index in [0.29, 0.717) is 24.8 Å². The number of hydrogen-bond acceptors (Lipinski definition) is 5. The highest BCUT2D eigenvalue weighted by atomic mass is 31.2. The van der Waals surface area contributed by atoms with Crippen LogP contribution in [0.2, 0.25) is 0 Å². The van der Waals surface area contributed by atoms with Gasteiger partial charge < -0.3 is 18.7 Å². The lowest BCUT2D eigenvalue weighted by Gasteiger charge is -2.18. The molecule has 1 N–H and O–H groups in total. The van der Waals surface area contributed by atoms with Crippen LogP contribution in [0.25, 0.3) is 0 Å². The third kappa shape index (κ3) is 4.21. The molecular formula is C12H20NO5P. The van der Waals surface area contributed by atoms with Crippen molar-refractivity contribution in [2.45, 2.75) is 20.8 Å². The first-order chi connectivity index (χ1) is 9.07. The van der Waals surface area contributed by atoms with Crippen molar-refractivity contribution >= 4 is 13.7 Å². The predicted octanol–water partition coefficient (Wildman–Crippen LogP) is 2.85. The summed E-state index contributed by atoms with van der Waals surface area (Å²) in [4.78, 5) is 22.4. The van der Waals surface area contributed by atoms with Gasteiger partial charge in [0, 0.05) is 12.4 Å². The predicted molar refractivity (Wildman–Crippen MR) is 72.5 cm³/mol. The minimum absolute atomic E-state index is 0.308. The molecule has 0 aliphatic rings. The third-order valence-corrected chi connectivity index (χ3v) is 4.39. The summed E-state index contributed by atoms with van der Waals surface area (Å²) in [5.74, 6) is 0. The number of aromatic nitrogens is 1. The molecular weight excluding hydrogens is 269 g/mol. The van der Waals surface area contributed by atoms with Gasteiger partial charge in [0.2, 0.25) is 0 Å². The van der Waals surface area contributed by atoms with E-state index in [-0.39, 0.29) is 0 Å². The maximum atomic E-state index is 11.5. The highest BCUT2D eigenvalue weighted by Crippen LogP contribution is 2.48. The lowest BCUT2D eigenvalue weighted by Crippen LogP contribution is -2.12. The topological polar surface area (TPSA) is 69.9 Å². The van der Waals surface area contributed by atoms with Crippen LogP contribution in [0.3, 0.4) is 0 Å². The lowest BCUT2D eigenvalue weighted by atomic mass is 10.5.